The number of epoxide rings is 1. The summed E-state index contributed by atoms with van der Waals surface area (Å²) in [5.74, 6) is -5.48. The van der Waals surface area contributed by atoms with Crippen molar-refractivity contribution in [3.63, 3.8) is 0 Å². The van der Waals surface area contributed by atoms with Crippen molar-refractivity contribution in [3.8, 4) is 5.75 Å². The molecule has 0 radical (unpaired) electrons. The molecule has 464 valence electrons. The highest BCUT2D eigenvalue weighted by atomic mass is 35.5. The van der Waals surface area contributed by atoms with Crippen LogP contribution in [-0.2, 0) is 63.7 Å². The molecule has 0 spiro atoms. The highest BCUT2D eigenvalue weighted by molar-refractivity contribution is 6.35. The first-order valence-corrected chi connectivity index (χ1v) is 27.9. The number of primary amides is 1. The van der Waals surface area contributed by atoms with Crippen LogP contribution in [0, 0.1) is 11.7 Å². The third kappa shape index (κ3) is 17.4. The van der Waals surface area contributed by atoms with Crippen LogP contribution < -0.4 is 47.3 Å². The number of nitrogens with zero attached hydrogens (tertiary/aromatic N) is 2. The first-order valence-electron chi connectivity index (χ1n) is 27.5. The summed E-state index contributed by atoms with van der Waals surface area (Å²) in [5, 5.41) is 28.0. The van der Waals surface area contributed by atoms with E-state index in [1.807, 2.05) is 6.92 Å². The Hall–Kier alpha value is -7.85. The summed E-state index contributed by atoms with van der Waals surface area (Å²) in [6, 6.07) is 3.53. The van der Waals surface area contributed by atoms with Gasteiger partial charge in [0.05, 0.1) is 37.1 Å². The maximum absolute atomic E-state index is 16.1. The number of alkyl carbamates (subject to hydrolysis) is 1. The number of anilines is 3. The number of methoxy groups -OCH3 is 3. The Labute approximate surface area is 495 Å². The third-order valence-electron chi connectivity index (χ3n) is 15.1. The average Bonchev–Trinajstić information content (AvgIpc) is 1.67. The summed E-state index contributed by atoms with van der Waals surface area (Å²) < 4.78 is 50.7. The van der Waals surface area contributed by atoms with Crippen LogP contribution in [0.2, 0.25) is 5.02 Å². The minimum Gasteiger partial charge on any atom is -0.495 e. The maximum Gasteiger partial charge on any atom is 0.412 e. The van der Waals surface area contributed by atoms with Gasteiger partial charge in [-0.3, -0.25) is 34.6 Å². The van der Waals surface area contributed by atoms with E-state index in [9.17, 15) is 48.3 Å². The molecule has 9 amide bonds. The van der Waals surface area contributed by atoms with Gasteiger partial charge in [-0.15, -0.1) is 5.06 Å². The van der Waals surface area contributed by atoms with Crippen LogP contribution >= 0.6 is 11.6 Å². The van der Waals surface area contributed by atoms with Crippen molar-refractivity contribution < 1.29 is 85.9 Å². The maximum atomic E-state index is 16.1. The number of fused-ring (bicyclic) bond motifs is 5. The van der Waals surface area contributed by atoms with Gasteiger partial charge in [-0.05, 0) is 95.2 Å². The molecule has 4 bridgehead atoms. The minimum atomic E-state index is -1.94. The molecule has 2 aromatic carbocycles. The largest absolute Gasteiger partial charge is 0.495 e. The van der Waals surface area contributed by atoms with Crippen LogP contribution in [-0.4, -0.2) is 153 Å². The second kappa shape index (κ2) is 29.3. The van der Waals surface area contributed by atoms with E-state index in [2.05, 4.69) is 38.5 Å². The van der Waals surface area contributed by atoms with Crippen molar-refractivity contribution in [3.05, 3.63) is 82.8 Å². The van der Waals surface area contributed by atoms with Crippen molar-refractivity contribution >= 4 is 82.4 Å². The van der Waals surface area contributed by atoms with E-state index in [0.29, 0.717) is 29.2 Å². The van der Waals surface area contributed by atoms with Gasteiger partial charge >= 0.3 is 24.2 Å². The monoisotopic (exact) mass is 1210 g/mol. The quantitative estimate of drug-likeness (QED) is 0.0434. The van der Waals surface area contributed by atoms with E-state index in [0.717, 1.165) is 17.7 Å². The molecule has 0 aromatic heterocycles. The number of hydroxylamine groups is 2. The summed E-state index contributed by atoms with van der Waals surface area (Å²) in [6.45, 7) is 10.8. The number of carbonyl (C=O) groups is 9. The Balaban J connectivity index is 1.16. The number of urea groups is 1. The smallest absolute Gasteiger partial charge is 0.412 e. The minimum absolute atomic E-state index is 0.0301. The number of imide groups is 1. The van der Waals surface area contributed by atoms with E-state index < -0.39 is 131 Å². The van der Waals surface area contributed by atoms with Crippen molar-refractivity contribution in [2.45, 2.75) is 152 Å². The van der Waals surface area contributed by atoms with Gasteiger partial charge in [0.2, 0.25) is 17.7 Å². The number of nitrogens with two attached hydrogens (primary N) is 1. The number of nitrogens with one attached hydrogen (secondary N) is 6. The lowest BCUT2D eigenvalue weighted by atomic mass is 9.83. The van der Waals surface area contributed by atoms with Crippen LogP contribution in [0.25, 0.3) is 0 Å². The molecule has 28 heteroatoms. The van der Waals surface area contributed by atoms with Crippen LogP contribution in [0.15, 0.2) is 66.4 Å². The molecule has 2 aromatic rings. The number of ether oxygens (including phenoxy) is 6. The van der Waals surface area contributed by atoms with Gasteiger partial charge in [0.1, 0.15) is 52.6 Å². The zero-order chi connectivity index (χ0) is 62.5. The van der Waals surface area contributed by atoms with Crippen LogP contribution in [0.5, 0.6) is 5.75 Å². The predicted molar refractivity (Wildman–Crippen MR) is 305 cm³/mol. The lowest BCUT2D eigenvalue weighted by Crippen LogP contribution is -2.63. The SMILES string of the molecule is C=C(CCCCC(=O)ON1C(=O)CCC1=O)N[C@H](C(=O)N[C@@H](CCCNC(N)=O)C(=O)Nc1ccc(NC(=O)O[C@H]2CC(=O)N(C)c3cc(cc(OC)c3Cl)C/C(C)=C/C=C/[C@@H](OC)[C@@]3(O)C[C@H](OC(=O)N3)[C@@H](C)[C@@H]3O[C@@]23C)c(F)c1)C(C)OC. The molecule has 0 saturated carbocycles. The van der Waals surface area contributed by atoms with E-state index in [4.69, 9.17) is 50.6 Å². The molecule has 0 aliphatic carbocycles. The molecule has 85 heavy (non-hydrogen) atoms. The zero-order valence-corrected chi connectivity index (χ0v) is 49.4. The first kappa shape index (κ1) is 66.3. The van der Waals surface area contributed by atoms with Crippen molar-refractivity contribution in [1.29, 1.82) is 0 Å². The lowest BCUT2D eigenvalue weighted by Gasteiger charge is -2.42. The number of unbranched alkanes of at least 4 members (excludes halogenated alkanes) is 1. The molecule has 4 heterocycles. The molecular weight excluding hydrogens is 1140 g/mol. The van der Waals surface area contributed by atoms with Gasteiger partial charge in [0.15, 0.2) is 5.72 Å². The van der Waals surface area contributed by atoms with Gasteiger partial charge in [-0.25, -0.2) is 23.6 Å². The van der Waals surface area contributed by atoms with Gasteiger partial charge in [0, 0.05) is 70.8 Å². The van der Waals surface area contributed by atoms with E-state index in [1.165, 1.54) is 39.3 Å². The summed E-state index contributed by atoms with van der Waals surface area (Å²) in [7, 11) is 5.66. The number of hydrogen-bond acceptors (Lipinski definition) is 18. The Morgan fingerprint density at radius 1 is 0.988 bits per heavy atom. The molecule has 1 unspecified atom stereocenters. The number of rotatable bonds is 22. The number of allylic oxidation sites excluding steroid dienone is 4. The Bertz CT molecular complexity index is 2930. The van der Waals surface area contributed by atoms with E-state index in [-0.39, 0.29) is 80.1 Å². The molecule has 4 aliphatic rings. The van der Waals surface area contributed by atoms with Crippen molar-refractivity contribution in [2.75, 3.05) is 50.5 Å². The van der Waals surface area contributed by atoms with Gasteiger partial charge in [0.25, 0.3) is 11.8 Å². The normalized spacial score (nSPS) is 25.3. The first-order chi connectivity index (χ1) is 40.2. The Morgan fingerprint density at radius 2 is 1.69 bits per heavy atom. The summed E-state index contributed by atoms with van der Waals surface area (Å²) in [4.78, 5) is 123. The number of aliphatic hydroxyl groups is 1. The predicted octanol–water partition coefficient (Wildman–Crippen LogP) is 5.06. The van der Waals surface area contributed by atoms with E-state index in [1.54, 1.807) is 51.1 Å². The number of benzene rings is 2. The van der Waals surface area contributed by atoms with Crippen LogP contribution in [0.1, 0.15) is 97.5 Å². The van der Waals surface area contributed by atoms with Gasteiger partial charge in [-0.1, -0.05) is 48.9 Å². The molecule has 26 nitrogen and oxygen atoms in total. The second-order valence-corrected chi connectivity index (χ2v) is 21.8. The summed E-state index contributed by atoms with van der Waals surface area (Å²) in [5.41, 5.74) is 3.58. The second-order valence-electron chi connectivity index (χ2n) is 21.4. The summed E-state index contributed by atoms with van der Waals surface area (Å²) >= 11 is 6.81. The van der Waals surface area contributed by atoms with Crippen molar-refractivity contribution in [1.82, 2.24) is 26.3 Å². The Kier molecular flexibility index (Phi) is 22.9. The summed E-state index contributed by atoms with van der Waals surface area (Å²) in [6.07, 6.45) is -1.51. The Morgan fingerprint density at radius 3 is 2.35 bits per heavy atom. The highest BCUT2D eigenvalue weighted by Crippen LogP contribution is 2.49. The molecule has 3 fully saturated rings. The number of hydrogen-bond donors (Lipinski definition) is 8. The topological polar surface area (TPSA) is 346 Å². The standard InChI is InChI=1S/C57H75ClFN9O17/c1-30-14-12-17-42(81-9)57(78)29-41(82-55(77)66-57)32(3)50-56(5,84-50)43(28-46(71)67(6)39-25-34(24-30)26-40(80-8)48(39)58)83-54(76)65-37-20-19-35(27-36(37)59)63-51(73)38(16-13-23-61-53(60)75)64-52(74)49(33(4)79-7)62-31(2)15-10-11-18-47(72)85-68-44(69)21-22-45(68)70/h12,14,17,19-20,25-27,32-33,38,41-43,49-50,62,78H,2,10-11,13,15-16,18,21-24,28-29H2,1,3-9H3,(H,63,73)(H,64,74)(H,65,76)(H,66,77)(H3,60,61,75)/b17-12+,30-14+/t32-,33?,38+,41+,42-,43+,49+,50+,56+,57+/m1/s1. The molecule has 9 N–H and O–H groups in total. The molecular formula is C57H75ClFN9O17. The molecule has 6 rings (SSSR count). The fraction of sp³-hybridized carbons (Fsp3) is 0.526. The number of carbonyl (C=O) groups excluding carboxylic acids is 9. The third-order valence-corrected chi connectivity index (χ3v) is 15.4. The van der Waals surface area contributed by atoms with Crippen molar-refractivity contribution in [2.24, 2.45) is 11.7 Å². The molecule has 3 saturated heterocycles. The van der Waals surface area contributed by atoms with Gasteiger partial charge in [-0.2, -0.15) is 0 Å². The van der Waals surface area contributed by atoms with Crippen LogP contribution in [0.4, 0.5) is 35.8 Å². The molecule has 10 atom stereocenters. The highest BCUT2D eigenvalue weighted by Gasteiger charge is 2.64. The number of halogens is 2. The molecule has 4 aliphatic heterocycles. The number of amides is 9. The lowest BCUT2D eigenvalue weighted by molar-refractivity contribution is -0.197. The van der Waals surface area contributed by atoms with Gasteiger partial charge < -0.3 is 70.3 Å². The fourth-order valence-electron chi connectivity index (χ4n) is 10.1. The fourth-order valence-corrected chi connectivity index (χ4v) is 10.4. The van der Waals surface area contributed by atoms with E-state index >= 15 is 4.39 Å². The average molecular weight is 1210 g/mol. The zero-order valence-electron chi connectivity index (χ0n) is 48.6. The van der Waals surface area contributed by atoms with Crippen LogP contribution in [0.3, 0.4) is 0 Å².